The van der Waals surface area contributed by atoms with E-state index in [-0.39, 0.29) is 38.2 Å². The number of carbonyl (C=O) groups is 5. The van der Waals surface area contributed by atoms with Crippen LogP contribution in [0.4, 0.5) is 5.69 Å². The largest absolute Gasteiger partial charge is 0.480 e. The first-order chi connectivity index (χ1) is 27.3. The first-order valence-corrected chi connectivity index (χ1v) is 19.0. The maximum atomic E-state index is 14.2. The fraction of sp³-hybridized carbons (Fsp3) is 0.366. The summed E-state index contributed by atoms with van der Waals surface area (Å²) in [6, 6.07) is 21.0. The van der Waals surface area contributed by atoms with Crippen LogP contribution in [0, 0.1) is 6.92 Å². The smallest absolute Gasteiger partial charge is 0.322 e. The fourth-order valence-corrected chi connectivity index (χ4v) is 6.99. The summed E-state index contributed by atoms with van der Waals surface area (Å²) in [7, 11) is 0. The van der Waals surface area contributed by atoms with Gasteiger partial charge in [0.2, 0.25) is 23.6 Å². The molecule has 16 nitrogen and oxygen atoms in total. The van der Waals surface area contributed by atoms with E-state index in [0.717, 1.165) is 27.7 Å². The van der Waals surface area contributed by atoms with E-state index in [2.05, 4.69) is 36.1 Å². The zero-order valence-electron chi connectivity index (χ0n) is 32.0. The Hall–Kier alpha value is -6.42. The Labute approximate surface area is 331 Å². The van der Waals surface area contributed by atoms with Gasteiger partial charge in [-0.15, -0.1) is 0 Å². The number of nitrogens with one attached hydrogen (secondary N) is 5. The van der Waals surface area contributed by atoms with Crippen LogP contribution < -0.4 is 43.4 Å². The van der Waals surface area contributed by atoms with Gasteiger partial charge in [0.15, 0.2) is 5.96 Å². The van der Waals surface area contributed by atoms with Crippen LogP contribution >= 0.6 is 0 Å². The lowest BCUT2D eigenvalue weighted by Gasteiger charge is -2.40. The highest BCUT2D eigenvalue weighted by molar-refractivity contribution is 5.96. The Morgan fingerprint density at radius 3 is 2.16 bits per heavy atom. The number of carbonyl (C=O) groups excluding carboxylic acids is 4. The van der Waals surface area contributed by atoms with Crippen LogP contribution in [0.2, 0.25) is 0 Å². The normalized spacial score (nSPS) is 15.1. The zero-order valence-corrected chi connectivity index (χ0v) is 32.0. The number of carboxylic acids is 1. The van der Waals surface area contributed by atoms with E-state index >= 15 is 0 Å². The first-order valence-electron chi connectivity index (χ1n) is 19.0. The molecule has 1 aromatic heterocycles. The summed E-state index contributed by atoms with van der Waals surface area (Å²) in [5.41, 5.74) is 21.0. The highest BCUT2D eigenvalue weighted by Gasteiger charge is 2.40. The Kier molecular flexibility index (Phi) is 14.2. The molecule has 57 heavy (non-hydrogen) atoms. The van der Waals surface area contributed by atoms with Crippen LogP contribution in [0.15, 0.2) is 90.1 Å². The van der Waals surface area contributed by atoms with Crippen molar-refractivity contribution in [3.05, 3.63) is 102 Å². The van der Waals surface area contributed by atoms with Gasteiger partial charge in [-0.1, -0.05) is 66.7 Å². The molecule has 3 atom stereocenters. The predicted molar refractivity (Wildman–Crippen MR) is 218 cm³/mol. The summed E-state index contributed by atoms with van der Waals surface area (Å²) in [4.78, 5) is 76.3. The molecule has 0 spiro atoms. The molecule has 12 N–H and O–H groups in total. The lowest BCUT2D eigenvalue weighted by molar-refractivity contribution is -0.138. The number of para-hydroxylation sites is 2. The number of hydrogen-bond acceptors (Lipinski definition) is 8. The molecule has 2 heterocycles. The lowest BCUT2D eigenvalue weighted by Crippen LogP contribution is -2.63. The van der Waals surface area contributed by atoms with E-state index in [0.29, 0.717) is 31.5 Å². The van der Waals surface area contributed by atoms with Gasteiger partial charge in [0, 0.05) is 55.3 Å². The second kappa shape index (κ2) is 19.4. The first kappa shape index (κ1) is 41.7. The van der Waals surface area contributed by atoms with Gasteiger partial charge >= 0.3 is 5.97 Å². The number of aliphatic carboxylic acids is 1. The lowest BCUT2D eigenvalue weighted by atomic mass is 9.86. The van der Waals surface area contributed by atoms with Gasteiger partial charge < -0.3 is 53.5 Å². The standard InChI is InChI=1S/C41H52N10O6/c1-26-10-5-8-16-34(26)51-20-17-41(44,18-21-51)39(57)50-32(22-27-11-3-2-4-12-27)38(56)48-31(15-9-19-45-40(42)43)37(55)49-33(36(54)47-25-35(52)53)23-28-24-46-30-14-7-6-13-29(28)30/h2-8,10-14,16,24,31-33,46H,9,15,17-23,25,44H2,1H3,(H,47,54)(H,48,56)(H,49,55)(H,50,57)(H,52,53)(H4,42,43,45)/t31-,32+,33-/m0/s1. The SMILES string of the molecule is Cc1ccccc1N1CCC(N)(C(=O)N[C@H](Cc2ccccc2)C(=O)N[C@@H](CCCN=C(N)N)C(=O)N[C@@H](Cc2c[nH]c3ccccc23)C(=O)NCC(=O)O)CC1. The Bertz CT molecular complexity index is 2060. The van der Waals surface area contributed by atoms with E-state index in [4.69, 9.17) is 17.2 Å². The second-order valence-electron chi connectivity index (χ2n) is 14.4. The number of rotatable bonds is 18. The number of nitrogens with zero attached hydrogens (tertiary/aromatic N) is 2. The number of piperidine rings is 1. The summed E-state index contributed by atoms with van der Waals surface area (Å²) in [5, 5.41) is 20.8. The number of hydrogen-bond donors (Lipinski definition) is 9. The second-order valence-corrected chi connectivity index (χ2v) is 14.4. The van der Waals surface area contributed by atoms with Gasteiger partial charge in [0.25, 0.3) is 0 Å². The molecule has 3 aromatic carbocycles. The molecule has 1 aliphatic rings. The van der Waals surface area contributed by atoms with Crippen molar-refractivity contribution in [1.82, 2.24) is 26.3 Å². The highest BCUT2D eigenvalue weighted by atomic mass is 16.4. The molecule has 1 fully saturated rings. The zero-order chi connectivity index (χ0) is 41.0. The number of amides is 4. The molecule has 0 aliphatic carbocycles. The van der Waals surface area contributed by atoms with Gasteiger partial charge in [-0.05, 0) is 61.4 Å². The highest BCUT2D eigenvalue weighted by Crippen LogP contribution is 2.27. The van der Waals surface area contributed by atoms with Gasteiger partial charge in [0.1, 0.15) is 24.7 Å². The number of aliphatic imine (C=N–C) groups is 1. The molecule has 0 bridgehead atoms. The van der Waals surface area contributed by atoms with Crippen molar-refractivity contribution in [2.45, 2.75) is 69.1 Å². The third-order valence-electron chi connectivity index (χ3n) is 10.2. The molecular weight excluding hydrogens is 729 g/mol. The molecule has 4 aromatic rings. The molecule has 16 heteroatoms. The number of aryl methyl sites for hydroxylation is 1. The van der Waals surface area contributed by atoms with Gasteiger partial charge in [0.05, 0.1) is 5.54 Å². The maximum absolute atomic E-state index is 14.2. The van der Waals surface area contributed by atoms with Crippen LogP contribution in [0.1, 0.15) is 42.4 Å². The molecule has 4 amide bonds. The summed E-state index contributed by atoms with van der Waals surface area (Å²) in [6.45, 7) is 2.61. The number of carboxylic acid groups (broad SMARTS) is 1. The van der Waals surface area contributed by atoms with E-state index < -0.39 is 59.8 Å². The molecule has 5 rings (SSSR count). The number of fused-ring (bicyclic) bond motifs is 1. The molecule has 0 saturated carbocycles. The summed E-state index contributed by atoms with van der Waals surface area (Å²) in [6.07, 6.45) is 2.88. The van der Waals surface area contributed by atoms with Crippen LogP contribution in [0.3, 0.4) is 0 Å². The average Bonchev–Trinajstić information content (AvgIpc) is 3.60. The minimum atomic E-state index is -1.26. The van der Waals surface area contributed by atoms with Gasteiger partial charge in [-0.25, -0.2) is 0 Å². The molecule has 0 radical (unpaired) electrons. The number of guanidine groups is 1. The van der Waals surface area contributed by atoms with Gasteiger partial charge in [-0.2, -0.15) is 0 Å². The van der Waals surface area contributed by atoms with E-state index in [1.807, 2.05) is 85.8 Å². The fourth-order valence-electron chi connectivity index (χ4n) is 6.99. The quantitative estimate of drug-likeness (QED) is 0.0393. The average molecular weight is 781 g/mol. The number of aromatic nitrogens is 1. The monoisotopic (exact) mass is 780 g/mol. The third kappa shape index (κ3) is 11.5. The summed E-state index contributed by atoms with van der Waals surface area (Å²) in [5.74, 6) is -3.94. The topological polar surface area (TPSA) is 263 Å². The Morgan fingerprint density at radius 1 is 0.825 bits per heavy atom. The minimum Gasteiger partial charge on any atom is -0.480 e. The molecule has 0 unspecified atom stereocenters. The van der Waals surface area contributed by atoms with Crippen molar-refractivity contribution < 1.29 is 29.1 Å². The van der Waals surface area contributed by atoms with Crippen LogP contribution in [0.25, 0.3) is 10.9 Å². The number of nitrogens with two attached hydrogens (primary N) is 3. The number of anilines is 1. The van der Waals surface area contributed by atoms with Gasteiger partial charge in [-0.3, -0.25) is 29.0 Å². The number of aromatic amines is 1. The predicted octanol–water partition coefficient (Wildman–Crippen LogP) is 0.968. The van der Waals surface area contributed by atoms with Crippen molar-refractivity contribution in [2.24, 2.45) is 22.2 Å². The van der Waals surface area contributed by atoms with Crippen molar-refractivity contribution >= 4 is 52.1 Å². The van der Waals surface area contributed by atoms with E-state index in [9.17, 15) is 29.1 Å². The molecule has 302 valence electrons. The Balaban J connectivity index is 1.35. The molecule has 1 saturated heterocycles. The van der Waals surface area contributed by atoms with E-state index in [1.54, 1.807) is 6.20 Å². The van der Waals surface area contributed by atoms with Crippen LogP contribution in [0.5, 0.6) is 0 Å². The van der Waals surface area contributed by atoms with Crippen molar-refractivity contribution in [3.63, 3.8) is 0 Å². The molecule has 1 aliphatic heterocycles. The summed E-state index contributed by atoms with van der Waals surface area (Å²) < 4.78 is 0. The maximum Gasteiger partial charge on any atom is 0.322 e. The number of H-pyrrole nitrogens is 1. The number of benzene rings is 3. The van der Waals surface area contributed by atoms with Crippen LogP contribution in [-0.2, 0) is 36.8 Å². The van der Waals surface area contributed by atoms with Crippen molar-refractivity contribution in [3.8, 4) is 0 Å². The summed E-state index contributed by atoms with van der Waals surface area (Å²) >= 11 is 0. The van der Waals surface area contributed by atoms with Crippen molar-refractivity contribution in [2.75, 3.05) is 31.1 Å². The molecular formula is C41H52N10O6. The Morgan fingerprint density at radius 2 is 1.46 bits per heavy atom. The third-order valence-corrected chi connectivity index (χ3v) is 10.2. The van der Waals surface area contributed by atoms with E-state index in [1.165, 1.54) is 0 Å². The van der Waals surface area contributed by atoms with Crippen molar-refractivity contribution in [1.29, 1.82) is 0 Å². The minimum absolute atomic E-state index is 0.0163. The van der Waals surface area contributed by atoms with Crippen LogP contribution in [-0.4, -0.2) is 95.5 Å².